The fraction of sp³-hybridized carbons (Fsp3) is 0.438. The van der Waals surface area contributed by atoms with Crippen molar-refractivity contribution < 1.29 is 14.6 Å². The third-order valence-corrected chi connectivity index (χ3v) is 2.46. The molecule has 0 atom stereocenters. The van der Waals surface area contributed by atoms with Gasteiger partial charge in [-0.1, -0.05) is 29.9 Å². The molecule has 0 spiro atoms. The molecule has 0 rings (SSSR count). The van der Waals surface area contributed by atoms with Crippen molar-refractivity contribution in [2.24, 2.45) is 0 Å². The topological polar surface area (TPSA) is 46.5 Å². The molecule has 1 N–H and O–H groups in total. The molecule has 0 bridgehead atoms. The minimum absolute atomic E-state index is 0.0563. The lowest BCUT2D eigenvalue weighted by molar-refractivity contribution is -0.134. The molecule has 0 aliphatic heterocycles. The zero-order valence-electron chi connectivity index (χ0n) is 12.3. The Bertz CT molecular complexity index is 394. The lowest BCUT2D eigenvalue weighted by Gasteiger charge is -2.00. The van der Waals surface area contributed by atoms with E-state index in [4.69, 9.17) is 0 Å². The maximum Gasteiger partial charge on any atom is 0.330 e. The highest BCUT2D eigenvalue weighted by Crippen LogP contribution is 2.07. The van der Waals surface area contributed by atoms with E-state index in [1.165, 1.54) is 18.8 Å². The van der Waals surface area contributed by atoms with Crippen LogP contribution in [0.3, 0.4) is 0 Å². The van der Waals surface area contributed by atoms with Gasteiger partial charge in [0.15, 0.2) is 0 Å². The Kier molecular flexibility index (Phi) is 9.45. The molecule has 0 aromatic heterocycles. The number of ether oxygens (including phenoxy) is 1. The molecule has 0 aliphatic rings. The standard InChI is InChI=1S/C16H24O3/c1-13(2)7-5-9-15(12-17)10-6-8-14(3)11-16(18)19-4/h6-8,10-11,17H,5,9,12H2,1-4H3. The van der Waals surface area contributed by atoms with E-state index in [0.717, 1.165) is 24.0 Å². The summed E-state index contributed by atoms with van der Waals surface area (Å²) in [5, 5.41) is 9.23. The molecule has 19 heavy (non-hydrogen) atoms. The summed E-state index contributed by atoms with van der Waals surface area (Å²) in [6.45, 7) is 6.00. The van der Waals surface area contributed by atoms with Crippen molar-refractivity contribution in [3.63, 3.8) is 0 Å². The van der Waals surface area contributed by atoms with Crippen molar-refractivity contribution in [2.45, 2.75) is 33.6 Å². The van der Waals surface area contributed by atoms with E-state index in [-0.39, 0.29) is 12.6 Å². The minimum atomic E-state index is -0.364. The van der Waals surface area contributed by atoms with E-state index in [2.05, 4.69) is 24.7 Å². The lowest BCUT2D eigenvalue weighted by atomic mass is 10.1. The first-order valence-corrected chi connectivity index (χ1v) is 6.36. The van der Waals surface area contributed by atoms with Gasteiger partial charge in [-0.2, -0.15) is 0 Å². The van der Waals surface area contributed by atoms with Gasteiger partial charge < -0.3 is 9.84 Å². The normalized spacial score (nSPS) is 12.7. The smallest absolute Gasteiger partial charge is 0.330 e. The predicted molar refractivity (Wildman–Crippen MR) is 78.7 cm³/mol. The average Bonchev–Trinajstić information content (AvgIpc) is 2.36. The number of aliphatic hydroxyl groups is 1. The summed E-state index contributed by atoms with van der Waals surface area (Å²) in [5.74, 6) is -0.364. The number of methoxy groups -OCH3 is 1. The van der Waals surface area contributed by atoms with Gasteiger partial charge in [0.05, 0.1) is 13.7 Å². The highest BCUT2D eigenvalue weighted by molar-refractivity contribution is 5.83. The zero-order chi connectivity index (χ0) is 14.7. The number of carbonyl (C=O) groups excluding carboxylic acids is 1. The average molecular weight is 264 g/mol. The van der Waals surface area contributed by atoms with Crippen LogP contribution in [0.1, 0.15) is 33.6 Å². The highest BCUT2D eigenvalue weighted by Gasteiger charge is 1.94. The highest BCUT2D eigenvalue weighted by atomic mass is 16.5. The predicted octanol–water partition coefficient (Wildman–Crippen LogP) is 3.33. The van der Waals surface area contributed by atoms with Crippen LogP contribution in [0, 0.1) is 0 Å². The molecule has 3 nitrogen and oxygen atoms in total. The van der Waals surface area contributed by atoms with Gasteiger partial charge in [-0.05, 0) is 44.8 Å². The first kappa shape index (κ1) is 17.4. The van der Waals surface area contributed by atoms with Gasteiger partial charge in [0.1, 0.15) is 0 Å². The summed E-state index contributed by atoms with van der Waals surface area (Å²) in [7, 11) is 1.35. The summed E-state index contributed by atoms with van der Waals surface area (Å²) >= 11 is 0. The van der Waals surface area contributed by atoms with Gasteiger partial charge in [-0.25, -0.2) is 4.79 Å². The molecule has 0 aliphatic carbocycles. The molecule has 0 saturated heterocycles. The quantitative estimate of drug-likeness (QED) is 0.332. The summed E-state index contributed by atoms with van der Waals surface area (Å²) in [4.78, 5) is 11.0. The molecule has 0 aromatic carbocycles. The Morgan fingerprint density at radius 1 is 1.26 bits per heavy atom. The lowest BCUT2D eigenvalue weighted by Crippen LogP contribution is -1.94. The molecule has 0 heterocycles. The third kappa shape index (κ3) is 10.0. The van der Waals surface area contributed by atoms with Crippen LogP contribution >= 0.6 is 0 Å². The summed E-state index contributed by atoms with van der Waals surface area (Å²) in [5.41, 5.74) is 3.06. The largest absolute Gasteiger partial charge is 0.466 e. The Morgan fingerprint density at radius 3 is 2.47 bits per heavy atom. The van der Waals surface area contributed by atoms with Gasteiger partial charge >= 0.3 is 5.97 Å². The molecular weight excluding hydrogens is 240 g/mol. The molecule has 106 valence electrons. The Morgan fingerprint density at radius 2 is 1.95 bits per heavy atom. The maximum absolute atomic E-state index is 11.0. The van der Waals surface area contributed by atoms with E-state index in [1.807, 2.05) is 25.2 Å². The van der Waals surface area contributed by atoms with E-state index < -0.39 is 0 Å². The number of hydrogen-bond acceptors (Lipinski definition) is 3. The van der Waals surface area contributed by atoms with Crippen molar-refractivity contribution >= 4 is 5.97 Å². The fourth-order valence-corrected chi connectivity index (χ4v) is 1.39. The molecule has 0 amide bonds. The maximum atomic E-state index is 11.0. The number of allylic oxidation sites excluding steroid dienone is 6. The van der Waals surface area contributed by atoms with Crippen LogP contribution in [0.4, 0.5) is 0 Å². The SMILES string of the molecule is COC(=O)C=C(C)C=CC=C(CO)CCC=C(C)C. The van der Waals surface area contributed by atoms with Crippen LogP contribution in [-0.2, 0) is 9.53 Å². The molecule has 3 heteroatoms. The van der Waals surface area contributed by atoms with Crippen LogP contribution in [0.25, 0.3) is 0 Å². The first-order chi connectivity index (χ1) is 8.99. The summed E-state index contributed by atoms with van der Waals surface area (Å²) in [6, 6.07) is 0. The van der Waals surface area contributed by atoms with Crippen LogP contribution in [0.5, 0.6) is 0 Å². The van der Waals surface area contributed by atoms with E-state index in [1.54, 1.807) is 0 Å². The van der Waals surface area contributed by atoms with Crippen molar-refractivity contribution in [3.05, 3.63) is 47.1 Å². The van der Waals surface area contributed by atoms with Crippen LogP contribution in [0.15, 0.2) is 47.1 Å². The number of hydrogen-bond donors (Lipinski definition) is 1. The minimum Gasteiger partial charge on any atom is -0.466 e. The molecule has 0 aromatic rings. The van der Waals surface area contributed by atoms with Gasteiger partial charge in [-0.15, -0.1) is 0 Å². The van der Waals surface area contributed by atoms with Crippen molar-refractivity contribution in [3.8, 4) is 0 Å². The van der Waals surface area contributed by atoms with E-state index in [9.17, 15) is 9.90 Å². The molecule has 0 saturated carbocycles. The molecule has 0 fully saturated rings. The molecule has 0 unspecified atom stereocenters. The number of rotatable bonds is 7. The van der Waals surface area contributed by atoms with Crippen LogP contribution in [0.2, 0.25) is 0 Å². The van der Waals surface area contributed by atoms with E-state index >= 15 is 0 Å². The van der Waals surface area contributed by atoms with Crippen molar-refractivity contribution in [1.29, 1.82) is 0 Å². The second kappa shape index (κ2) is 10.3. The van der Waals surface area contributed by atoms with Gasteiger partial charge in [-0.3, -0.25) is 0 Å². The van der Waals surface area contributed by atoms with Crippen LogP contribution in [-0.4, -0.2) is 24.8 Å². The zero-order valence-corrected chi connectivity index (χ0v) is 12.3. The molecular formula is C16H24O3. The Balaban J connectivity index is 4.44. The second-order valence-corrected chi connectivity index (χ2v) is 4.57. The third-order valence-electron chi connectivity index (χ3n) is 2.46. The van der Waals surface area contributed by atoms with Crippen molar-refractivity contribution in [1.82, 2.24) is 0 Å². The number of carbonyl (C=O) groups is 1. The fourth-order valence-electron chi connectivity index (χ4n) is 1.39. The van der Waals surface area contributed by atoms with E-state index in [0.29, 0.717) is 0 Å². The van der Waals surface area contributed by atoms with Gasteiger partial charge in [0, 0.05) is 6.08 Å². The first-order valence-electron chi connectivity index (χ1n) is 6.36. The number of aliphatic hydroxyl groups excluding tert-OH is 1. The number of esters is 1. The summed E-state index contributed by atoms with van der Waals surface area (Å²) < 4.78 is 4.53. The second-order valence-electron chi connectivity index (χ2n) is 4.57. The Hall–Kier alpha value is -1.61. The summed E-state index contributed by atoms with van der Waals surface area (Å²) in [6.07, 6.45) is 10.9. The monoisotopic (exact) mass is 264 g/mol. The van der Waals surface area contributed by atoms with Gasteiger partial charge in [0.2, 0.25) is 0 Å². The molecule has 0 radical (unpaired) electrons. The van der Waals surface area contributed by atoms with Gasteiger partial charge in [0.25, 0.3) is 0 Å². The Labute approximate surface area is 116 Å². The van der Waals surface area contributed by atoms with Crippen molar-refractivity contribution in [2.75, 3.05) is 13.7 Å². The van der Waals surface area contributed by atoms with Crippen LogP contribution < -0.4 is 0 Å².